The summed E-state index contributed by atoms with van der Waals surface area (Å²) in [5.41, 5.74) is 0.298. The molecule has 2 N–H and O–H groups in total. The minimum Gasteiger partial charge on any atom is -0.492 e. The third-order valence-corrected chi connectivity index (χ3v) is 2.95. The maximum atomic E-state index is 12.8. The van der Waals surface area contributed by atoms with E-state index in [-0.39, 0.29) is 12.5 Å². The van der Waals surface area contributed by atoms with Crippen LogP contribution in [0.3, 0.4) is 0 Å². The molecule has 2 aromatic carbocycles. The van der Waals surface area contributed by atoms with Crippen molar-refractivity contribution < 1.29 is 18.7 Å². The molecule has 5 nitrogen and oxygen atoms in total. The van der Waals surface area contributed by atoms with Crippen molar-refractivity contribution >= 4 is 11.8 Å². The molecule has 2 amide bonds. The fourth-order valence-electron chi connectivity index (χ4n) is 1.80. The summed E-state index contributed by atoms with van der Waals surface area (Å²) in [4.78, 5) is 23.3. The summed E-state index contributed by atoms with van der Waals surface area (Å²) in [7, 11) is 0. The highest BCUT2D eigenvalue weighted by atomic mass is 19.1. The van der Waals surface area contributed by atoms with Gasteiger partial charge in [0.2, 0.25) is 5.91 Å². The molecular formula is C17H17FN2O3. The van der Waals surface area contributed by atoms with E-state index in [4.69, 9.17) is 4.74 Å². The van der Waals surface area contributed by atoms with E-state index in [2.05, 4.69) is 10.6 Å². The maximum Gasteiger partial charge on any atom is 0.251 e. The van der Waals surface area contributed by atoms with Crippen LogP contribution in [0.5, 0.6) is 5.75 Å². The number of halogens is 1. The second-order valence-corrected chi connectivity index (χ2v) is 4.70. The lowest BCUT2D eigenvalue weighted by Gasteiger charge is -2.08. The molecule has 0 saturated carbocycles. The number of benzene rings is 2. The van der Waals surface area contributed by atoms with E-state index >= 15 is 0 Å². The van der Waals surface area contributed by atoms with Crippen molar-refractivity contribution in [3.8, 4) is 5.75 Å². The van der Waals surface area contributed by atoms with E-state index in [0.29, 0.717) is 18.7 Å². The van der Waals surface area contributed by atoms with Gasteiger partial charge in [0.15, 0.2) is 0 Å². The van der Waals surface area contributed by atoms with Gasteiger partial charge in [0, 0.05) is 5.56 Å². The molecule has 6 heteroatoms. The third kappa shape index (κ3) is 5.78. The Morgan fingerprint density at radius 1 is 0.957 bits per heavy atom. The van der Waals surface area contributed by atoms with E-state index in [1.54, 1.807) is 0 Å². The number of hydrogen-bond acceptors (Lipinski definition) is 3. The lowest BCUT2D eigenvalue weighted by molar-refractivity contribution is -0.120. The molecule has 0 atom stereocenters. The third-order valence-electron chi connectivity index (χ3n) is 2.95. The maximum absolute atomic E-state index is 12.8. The zero-order valence-corrected chi connectivity index (χ0v) is 12.4. The van der Waals surface area contributed by atoms with Crippen molar-refractivity contribution in [2.45, 2.75) is 0 Å². The largest absolute Gasteiger partial charge is 0.492 e. The summed E-state index contributed by atoms with van der Waals surface area (Å²) >= 11 is 0. The zero-order valence-electron chi connectivity index (χ0n) is 12.4. The highest BCUT2D eigenvalue weighted by Crippen LogP contribution is 2.07. The average Bonchev–Trinajstić information content (AvgIpc) is 2.58. The van der Waals surface area contributed by atoms with Crippen LogP contribution >= 0.6 is 0 Å². The number of carbonyl (C=O) groups is 2. The number of amides is 2. The number of ether oxygens (including phenoxy) is 1. The van der Waals surface area contributed by atoms with Gasteiger partial charge in [-0.15, -0.1) is 0 Å². The highest BCUT2D eigenvalue weighted by Gasteiger charge is 2.07. The van der Waals surface area contributed by atoms with Crippen molar-refractivity contribution in [1.82, 2.24) is 10.6 Å². The molecule has 0 aliphatic carbocycles. The second-order valence-electron chi connectivity index (χ2n) is 4.70. The molecule has 120 valence electrons. The average molecular weight is 316 g/mol. The Labute approximate surface area is 133 Å². The van der Waals surface area contributed by atoms with Gasteiger partial charge in [-0.2, -0.15) is 0 Å². The Morgan fingerprint density at radius 3 is 2.35 bits per heavy atom. The summed E-state index contributed by atoms with van der Waals surface area (Å²) < 4.78 is 18.2. The molecule has 23 heavy (non-hydrogen) atoms. The monoisotopic (exact) mass is 316 g/mol. The molecule has 0 heterocycles. The number of carbonyl (C=O) groups excluding carboxylic acids is 2. The van der Waals surface area contributed by atoms with Gasteiger partial charge >= 0.3 is 0 Å². The first-order chi connectivity index (χ1) is 11.1. The summed E-state index contributed by atoms with van der Waals surface area (Å²) in [6.07, 6.45) is 0. The van der Waals surface area contributed by atoms with Gasteiger partial charge in [0.25, 0.3) is 5.91 Å². The van der Waals surface area contributed by atoms with Crippen molar-refractivity contribution in [3.63, 3.8) is 0 Å². The van der Waals surface area contributed by atoms with Gasteiger partial charge in [0.1, 0.15) is 18.2 Å². The van der Waals surface area contributed by atoms with Crippen LogP contribution in [0.15, 0.2) is 54.6 Å². The van der Waals surface area contributed by atoms with Crippen LogP contribution in [-0.2, 0) is 4.79 Å². The Bertz CT molecular complexity index is 645. The lowest BCUT2D eigenvalue weighted by atomic mass is 10.2. The molecule has 2 rings (SSSR count). The van der Waals surface area contributed by atoms with Crippen molar-refractivity contribution in [1.29, 1.82) is 0 Å². The Kier molecular flexibility index (Phi) is 6.11. The topological polar surface area (TPSA) is 67.4 Å². The SMILES string of the molecule is O=C(CNC(=O)c1ccc(F)cc1)NCCOc1ccccc1. The van der Waals surface area contributed by atoms with Gasteiger partial charge < -0.3 is 15.4 Å². The molecule has 0 aliphatic rings. The van der Waals surface area contributed by atoms with Crippen LogP contribution in [0, 0.1) is 5.82 Å². The van der Waals surface area contributed by atoms with Crippen molar-refractivity contribution in [3.05, 3.63) is 66.0 Å². The first-order valence-electron chi connectivity index (χ1n) is 7.13. The van der Waals surface area contributed by atoms with E-state index in [9.17, 15) is 14.0 Å². The minimum atomic E-state index is -0.430. The fourth-order valence-corrected chi connectivity index (χ4v) is 1.80. The van der Waals surface area contributed by atoms with Gasteiger partial charge in [0.05, 0.1) is 13.1 Å². The smallest absolute Gasteiger partial charge is 0.251 e. The molecule has 0 spiro atoms. The Hall–Kier alpha value is -2.89. The molecule has 0 unspecified atom stereocenters. The van der Waals surface area contributed by atoms with E-state index in [0.717, 1.165) is 5.75 Å². The van der Waals surface area contributed by atoms with Crippen LogP contribution in [0.2, 0.25) is 0 Å². The van der Waals surface area contributed by atoms with Crippen LogP contribution < -0.4 is 15.4 Å². The first-order valence-corrected chi connectivity index (χ1v) is 7.13. The summed E-state index contributed by atoms with van der Waals surface area (Å²) in [5.74, 6) is -0.443. The summed E-state index contributed by atoms with van der Waals surface area (Å²) in [6, 6.07) is 14.4. The molecule has 0 saturated heterocycles. The Morgan fingerprint density at radius 2 is 1.65 bits per heavy atom. The summed E-state index contributed by atoms with van der Waals surface area (Å²) in [5, 5.41) is 5.09. The predicted molar refractivity (Wildman–Crippen MR) is 83.7 cm³/mol. The van der Waals surface area contributed by atoms with Gasteiger partial charge in [-0.3, -0.25) is 9.59 Å². The normalized spacial score (nSPS) is 9.96. The molecule has 0 bridgehead atoms. The van der Waals surface area contributed by atoms with Crippen molar-refractivity contribution in [2.75, 3.05) is 19.7 Å². The first kappa shape index (κ1) is 16.5. The van der Waals surface area contributed by atoms with E-state index in [1.165, 1.54) is 24.3 Å². The van der Waals surface area contributed by atoms with E-state index in [1.807, 2.05) is 30.3 Å². The van der Waals surface area contributed by atoms with Gasteiger partial charge in [-0.25, -0.2) is 4.39 Å². The number of rotatable bonds is 7. The fraction of sp³-hybridized carbons (Fsp3) is 0.176. The second kappa shape index (κ2) is 8.53. The minimum absolute atomic E-state index is 0.151. The van der Waals surface area contributed by atoms with Crippen LogP contribution in [0.25, 0.3) is 0 Å². The molecule has 0 aliphatic heterocycles. The van der Waals surface area contributed by atoms with Crippen molar-refractivity contribution in [2.24, 2.45) is 0 Å². The van der Waals surface area contributed by atoms with E-state index < -0.39 is 11.7 Å². The van der Waals surface area contributed by atoms with Crippen LogP contribution in [-0.4, -0.2) is 31.5 Å². The van der Waals surface area contributed by atoms with Gasteiger partial charge in [-0.05, 0) is 36.4 Å². The van der Waals surface area contributed by atoms with Crippen LogP contribution in [0.1, 0.15) is 10.4 Å². The standard InChI is InChI=1S/C17H17FN2O3/c18-14-8-6-13(7-9-14)17(22)20-12-16(21)19-10-11-23-15-4-2-1-3-5-15/h1-9H,10-12H2,(H,19,21)(H,20,22). The molecular weight excluding hydrogens is 299 g/mol. The number of hydrogen-bond donors (Lipinski definition) is 2. The number of nitrogens with one attached hydrogen (secondary N) is 2. The predicted octanol–water partition coefficient (Wildman–Crippen LogP) is 1.75. The Balaban J connectivity index is 1.63. The molecule has 2 aromatic rings. The molecule has 0 radical (unpaired) electrons. The summed E-state index contributed by atoms with van der Waals surface area (Å²) in [6.45, 7) is 0.517. The lowest BCUT2D eigenvalue weighted by Crippen LogP contribution is -2.38. The molecule has 0 aromatic heterocycles. The van der Waals surface area contributed by atoms with Crippen LogP contribution in [0.4, 0.5) is 4.39 Å². The highest BCUT2D eigenvalue weighted by molar-refractivity contribution is 5.96. The van der Waals surface area contributed by atoms with Gasteiger partial charge in [-0.1, -0.05) is 18.2 Å². The molecule has 0 fully saturated rings. The quantitative estimate of drug-likeness (QED) is 0.765. The zero-order chi connectivity index (χ0) is 16.5. The number of para-hydroxylation sites is 1.